The van der Waals surface area contributed by atoms with Crippen LogP contribution in [0.25, 0.3) is 0 Å². The molecule has 0 fully saturated rings. The fourth-order valence-electron chi connectivity index (χ4n) is 1.60. The molecule has 1 atom stereocenters. The number of nitrogens with one attached hydrogen (secondary N) is 1. The van der Waals surface area contributed by atoms with Gasteiger partial charge in [0.1, 0.15) is 18.5 Å². The van der Waals surface area contributed by atoms with E-state index in [0.717, 1.165) is 29.6 Å². The second-order valence-corrected chi connectivity index (χ2v) is 5.46. The molecule has 0 aromatic heterocycles. The van der Waals surface area contributed by atoms with E-state index in [-0.39, 0.29) is 12.5 Å². The van der Waals surface area contributed by atoms with Gasteiger partial charge in [-0.05, 0) is 43.7 Å². The van der Waals surface area contributed by atoms with Gasteiger partial charge in [0.25, 0.3) is 0 Å². The van der Waals surface area contributed by atoms with Crippen LogP contribution in [0.4, 0.5) is 0 Å². The van der Waals surface area contributed by atoms with Crippen molar-refractivity contribution in [3.63, 3.8) is 0 Å². The lowest BCUT2D eigenvalue weighted by molar-refractivity contribution is -0.118. The Morgan fingerprint density at radius 1 is 1.35 bits per heavy atom. The third-order valence-corrected chi connectivity index (χ3v) is 3.19. The van der Waals surface area contributed by atoms with Crippen molar-refractivity contribution < 1.29 is 14.6 Å². The van der Waals surface area contributed by atoms with Crippen molar-refractivity contribution in [1.29, 1.82) is 0 Å². The van der Waals surface area contributed by atoms with Crippen LogP contribution in [-0.2, 0) is 4.79 Å². The number of nitrogens with two attached hydrogens (primary N) is 1. The summed E-state index contributed by atoms with van der Waals surface area (Å²) in [5.41, 5.74) is 5.04. The number of primary amides is 1. The van der Waals surface area contributed by atoms with Crippen LogP contribution in [0.3, 0.4) is 0 Å². The van der Waals surface area contributed by atoms with Gasteiger partial charge in [-0.15, -0.1) is 0 Å². The lowest BCUT2D eigenvalue weighted by Gasteiger charge is -2.13. The number of aliphatic hydroxyl groups is 1. The van der Waals surface area contributed by atoms with E-state index in [2.05, 4.69) is 21.2 Å². The highest BCUT2D eigenvalue weighted by molar-refractivity contribution is 9.10. The van der Waals surface area contributed by atoms with Crippen molar-refractivity contribution in [3.05, 3.63) is 28.7 Å². The number of ether oxygens (including phenoxy) is 1. The summed E-state index contributed by atoms with van der Waals surface area (Å²) >= 11 is 3.35. The third kappa shape index (κ3) is 8.14. The standard InChI is InChI=1S/C14H21BrN2O3/c15-11-4-6-13(7-5-11)20-10-12(18)9-17-8-2-1-3-14(16)19/h4-7,12,17-18H,1-3,8-10H2,(H2,16,19). The molecule has 0 aliphatic heterocycles. The van der Waals surface area contributed by atoms with E-state index in [1.165, 1.54) is 0 Å². The Bertz CT molecular complexity index is 398. The SMILES string of the molecule is NC(=O)CCCCNCC(O)COc1ccc(Br)cc1. The number of unbranched alkanes of at least 4 members (excludes halogenated alkanes) is 1. The number of rotatable bonds is 10. The zero-order chi connectivity index (χ0) is 14.8. The van der Waals surface area contributed by atoms with Crippen LogP contribution in [0.2, 0.25) is 0 Å². The van der Waals surface area contributed by atoms with Gasteiger partial charge >= 0.3 is 0 Å². The molecule has 1 aromatic carbocycles. The molecule has 0 saturated carbocycles. The first kappa shape index (κ1) is 16.9. The van der Waals surface area contributed by atoms with Gasteiger partial charge in [-0.2, -0.15) is 0 Å². The molecule has 1 unspecified atom stereocenters. The zero-order valence-corrected chi connectivity index (χ0v) is 12.9. The maximum atomic E-state index is 10.5. The molecular weight excluding hydrogens is 324 g/mol. The van der Waals surface area contributed by atoms with Crippen LogP contribution in [0.1, 0.15) is 19.3 Å². The fourth-order valence-corrected chi connectivity index (χ4v) is 1.86. The molecule has 1 amide bonds. The molecule has 0 aliphatic carbocycles. The Kier molecular flexibility index (Phi) is 8.25. The topological polar surface area (TPSA) is 84.6 Å². The number of halogens is 1. The Hall–Kier alpha value is -1.11. The van der Waals surface area contributed by atoms with E-state index in [4.69, 9.17) is 10.5 Å². The van der Waals surface area contributed by atoms with Crippen LogP contribution in [0.5, 0.6) is 5.75 Å². The minimum absolute atomic E-state index is 0.246. The van der Waals surface area contributed by atoms with E-state index in [0.29, 0.717) is 13.0 Å². The molecule has 0 bridgehead atoms. The summed E-state index contributed by atoms with van der Waals surface area (Å²) in [6.45, 7) is 1.46. The summed E-state index contributed by atoms with van der Waals surface area (Å²) in [5, 5.41) is 12.9. The maximum absolute atomic E-state index is 10.5. The van der Waals surface area contributed by atoms with Gasteiger partial charge in [0.2, 0.25) is 5.91 Å². The van der Waals surface area contributed by atoms with Gasteiger partial charge in [-0.3, -0.25) is 4.79 Å². The Morgan fingerprint density at radius 2 is 2.05 bits per heavy atom. The first-order valence-electron chi connectivity index (χ1n) is 6.63. The molecule has 0 radical (unpaired) electrons. The van der Waals surface area contributed by atoms with Gasteiger partial charge < -0.3 is 20.9 Å². The fraction of sp³-hybridized carbons (Fsp3) is 0.500. The molecule has 4 N–H and O–H groups in total. The molecule has 0 heterocycles. The van der Waals surface area contributed by atoms with Gasteiger partial charge in [0.15, 0.2) is 0 Å². The minimum Gasteiger partial charge on any atom is -0.491 e. The first-order chi connectivity index (χ1) is 9.58. The van der Waals surface area contributed by atoms with Crippen LogP contribution in [-0.4, -0.2) is 36.8 Å². The monoisotopic (exact) mass is 344 g/mol. The zero-order valence-electron chi connectivity index (χ0n) is 11.3. The number of carbonyl (C=O) groups excluding carboxylic acids is 1. The quantitative estimate of drug-likeness (QED) is 0.560. The van der Waals surface area contributed by atoms with E-state index in [1.807, 2.05) is 24.3 Å². The summed E-state index contributed by atoms with van der Waals surface area (Å²) in [4.78, 5) is 10.5. The number of hydrogen-bond donors (Lipinski definition) is 3. The van der Waals surface area contributed by atoms with E-state index < -0.39 is 6.10 Å². The average Bonchev–Trinajstić information content (AvgIpc) is 2.41. The molecule has 1 rings (SSSR count). The highest BCUT2D eigenvalue weighted by Gasteiger charge is 2.04. The van der Waals surface area contributed by atoms with E-state index in [9.17, 15) is 9.90 Å². The van der Waals surface area contributed by atoms with Crippen LogP contribution < -0.4 is 15.8 Å². The van der Waals surface area contributed by atoms with Crippen LogP contribution in [0.15, 0.2) is 28.7 Å². The molecule has 6 heteroatoms. The van der Waals surface area contributed by atoms with Crippen molar-refractivity contribution in [2.24, 2.45) is 5.73 Å². The summed E-state index contributed by atoms with van der Waals surface area (Å²) in [6, 6.07) is 7.46. The Labute approximate surface area is 127 Å². The summed E-state index contributed by atoms with van der Waals surface area (Å²) in [5.74, 6) is 0.460. The van der Waals surface area contributed by atoms with Gasteiger partial charge in [0.05, 0.1) is 0 Å². The predicted molar refractivity (Wildman–Crippen MR) is 81.6 cm³/mol. The van der Waals surface area contributed by atoms with Gasteiger partial charge in [0, 0.05) is 17.4 Å². The second-order valence-electron chi connectivity index (χ2n) is 4.55. The van der Waals surface area contributed by atoms with Crippen molar-refractivity contribution >= 4 is 21.8 Å². The lowest BCUT2D eigenvalue weighted by atomic mass is 10.2. The second kappa shape index (κ2) is 9.74. The third-order valence-electron chi connectivity index (χ3n) is 2.66. The van der Waals surface area contributed by atoms with Crippen LogP contribution in [0, 0.1) is 0 Å². The maximum Gasteiger partial charge on any atom is 0.217 e. The first-order valence-corrected chi connectivity index (χ1v) is 7.42. The Morgan fingerprint density at radius 3 is 2.70 bits per heavy atom. The summed E-state index contributed by atoms with van der Waals surface area (Å²) in [7, 11) is 0. The largest absolute Gasteiger partial charge is 0.491 e. The molecular formula is C14H21BrN2O3. The minimum atomic E-state index is -0.560. The van der Waals surface area contributed by atoms with Crippen molar-refractivity contribution in [3.8, 4) is 5.75 Å². The number of aliphatic hydroxyl groups excluding tert-OH is 1. The smallest absolute Gasteiger partial charge is 0.217 e. The number of benzene rings is 1. The van der Waals surface area contributed by atoms with Crippen LogP contribution >= 0.6 is 15.9 Å². The van der Waals surface area contributed by atoms with Gasteiger partial charge in [-0.1, -0.05) is 15.9 Å². The molecule has 5 nitrogen and oxygen atoms in total. The molecule has 112 valence electrons. The average molecular weight is 345 g/mol. The normalized spacial score (nSPS) is 12.1. The van der Waals surface area contributed by atoms with E-state index >= 15 is 0 Å². The van der Waals surface area contributed by atoms with E-state index in [1.54, 1.807) is 0 Å². The highest BCUT2D eigenvalue weighted by Crippen LogP contribution is 2.16. The molecule has 0 aliphatic rings. The summed E-state index contributed by atoms with van der Waals surface area (Å²) in [6.07, 6.45) is 1.49. The predicted octanol–water partition coefficient (Wildman–Crippen LogP) is 1.43. The Balaban J connectivity index is 2.04. The van der Waals surface area contributed by atoms with Crippen molar-refractivity contribution in [2.45, 2.75) is 25.4 Å². The molecule has 0 saturated heterocycles. The highest BCUT2D eigenvalue weighted by atomic mass is 79.9. The molecule has 20 heavy (non-hydrogen) atoms. The lowest BCUT2D eigenvalue weighted by Crippen LogP contribution is -2.32. The molecule has 0 spiro atoms. The number of hydrogen-bond acceptors (Lipinski definition) is 4. The van der Waals surface area contributed by atoms with Crippen molar-refractivity contribution in [1.82, 2.24) is 5.32 Å². The number of carbonyl (C=O) groups is 1. The molecule has 1 aromatic rings. The summed E-state index contributed by atoms with van der Waals surface area (Å²) < 4.78 is 6.45. The number of amides is 1. The van der Waals surface area contributed by atoms with Gasteiger partial charge in [-0.25, -0.2) is 0 Å². The van der Waals surface area contributed by atoms with Crippen molar-refractivity contribution in [2.75, 3.05) is 19.7 Å².